The van der Waals surface area contributed by atoms with Crippen molar-refractivity contribution in [1.29, 1.82) is 0 Å². The number of rotatable bonds is 4. The lowest BCUT2D eigenvalue weighted by Gasteiger charge is -2.19. The Hall–Kier alpha value is -3.03. The van der Waals surface area contributed by atoms with Crippen molar-refractivity contribution in [3.05, 3.63) is 70.3 Å². The molecule has 3 rings (SSSR count). The van der Waals surface area contributed by atoms with Crippen LogP contribution < -0.4 is 10.6 Å². The zero-order valence-electron chi connectivity index (χ0n) is 19.3. The number of carbonyl (C=O) groups excluding carboxylic acids is 3. The maximum Gasteiger partial charge on any atom is 0.289 e. The molecule has 1 unspecified atom stereocenters. The van der Waals surface area contributed by atoms with Gasteiger partial charge in [0, 0.05) is 18.7 Å². The number of amides is 2. The van der Waals surface area contributed by atoms with Gasteiger partial charge in [-0.2, -0.15) is 0 Å². The highest BCUT2D eigenvalue weighted by atomic mass is 16.5. The molecule has 0 saturated heterocycles. The van der Waals surface area contributed by atoms with Crippen LogP contribution in [0.5, 0.6) is 0 Å². The number of aryl methyl sites for hydroxylation is 2. The first-order chi connectivity index (χ1) is 16.0. The Kier molecular flexibility index (Phi) is 9.15. The molecule has 33 heavy (non-hydrogen) atoms. The summed E-state index contributed by atoms with van der Waals surface area (Å²) in [5, 5.41) is 5.50. The molecule has 1 aliphatic heterocycles. The summed E-state index contributed by atoms with van der Waals surface area (Å²) in [7, 11) is 0. The van der Waals surface area contributed by atoms with Crippen LogP contribution in [0.1, 0.15) is 51.9 Å². The summed E-state index contributed by atoms with van der Waals surface area (Å²) >= 11 is 0. The molecular formula is C26H32N2O5. The molecule has 2 amide bonds. The molecule has 0 fully saturated rings. The van der Waals surface area contributed by atoms with Crippen LogP contribution >= 0.6 is 0 Å². The van der Waals surface area contributed by atoms with Crippen LogP contribution in [-0.2, 0) is 32.2 Å². The van der Waals surface area contributed by atoms with Crippen LogP contribution in [0.25, 0.3) is 0 Å². The molecule has 0 spiro atoms. The van der Waals surface area contributed by atoms with Crippen molar-refractivity contribution in [2.75, 3.05) is 19.8 Å². The van der Waals surface area contributed by atoms with Crippen LogP contribution in [0.3, 0.4) is 0 Å². The van der Waals surface area contributed by atoms with Gasteiger partial charge in [0.25, 0.3) is 11.8 Å². The molecule has 0 radical (unpaired) electrons. The predicted octanol–water partition coefficient (Wildman–Crippen LogP) is 3.00. The minimum atomic E-state index is -0.909. The third-order valence-corrected chi connectivity index (χ3v) is 5.71. The Morgan fingerprint density at radius 3 is 2.67 bits per heavy atom. The Balaban J connectivity index is 1.72. The molecule has 0 saturated carbocycles. The molecule has 1 heterocycles. The monoisotopic (exact) mass is 452 g/mol. The summed E-state index contributed by atoms with van der Waals surface area (Å²) < 4.78 is 11.2. The minimum absolute atomic E-state index is 0.257. The number of Topliss-reactive ketones (excluding diaryl/α,β-unsaturated/α-hetero) is 1. The Morgan fingerprint density at radius 2 is 1.82 bits per heavy atom. The first kappa shape index (κ1) is 24.6. The van der Waals surface area contributed by atoms with Crippen molar-refractivity contribution in [3.63, 3.8) is 0 Å². The largest absolute Gasteiger partial charge is 0.379 e. The van der Waals surface area contributed by atoms with Gasteiger partial charge in [0.15, 0.2) is 0 Å². The van der Waals surface area contributed by atoms with Gasteiger partial charge in [-0.3, -0.25) is 14.4 Å². The van der Waals surface area contributed by atoms with E-state index in [2.05, 4.69) is 10.6 Å². The van der Waals surface area contributed by atoms with Crippen LogP contribution in [0.2, 0.25) is 0 Å². The number of ether oxygens (including phenoxy) is 2. The number of fused-ring (bicyclic) bond motifs is 1. The summed E-state index contributed by atoms with van der Waals surface area (Å²) in [5.74, 6) is -1.73. The van der Waals surface area contributed by atoms with Gasteiger partial charge in [-0.25, -0.2) is 0 Å². The second-order valence-electron chi connectivity index (χ2n) is 8.32. The number of ketones is 1. The van der Waals surface area contributed by atoms with Gasteiger partial charge in [0.05, 0.1) is 25.9 Å². The second-order valence-corrected chi connectivity index (χ2v) is 8.32. The normalized spacial score (nSPS) is 17.9. The average Bonchev–Trinajstić information content (AvgIpc) is 2.81. The predicted molar refractivity (Wildman–Crippen MR) is 125 cm³/mol. The molecule has 0 aromatic heterocycles. The van der Waals surface area contributed by atoms with Gasteiger partial charge in [-0.05, 0) is 55.9 Å². The summed E-state index contributed by atoms with van der Waals surface area (Å²) in [6.07, 6.45) is 1.73. The molecule has 0 aliphatic carbocycles. The molecule has 1 aliphatic rings. The van der Waals surface area contributed by atoms with E-state index in [4.69, 9.17) is 9.47 Å². The molecule has 2 N–H and O–H groups in total. The van der Waals surface area contributed by atoms with Gasteiger partial charge < -0.3 is 20.1 Å². The van der Waals surface area contributed by atoms with Gasteiger partial charge in [-0.1, -0.05) is 42.0 Å². The van der Waals surface area contributed by atoms with Gasteiger partial charge in [0.2, 0.25) is 5.78 Å². The van der Waals surface area contributed by atoms with Gasteiger partial charge in [-0.15, -0.1) is 0 Å². The first-order valence-corrected chi connectivity index (χ1v) is 11.4. The van der Waals surface area contributed by atoms with E-state index in [0.29, 0.717) is 38.2 Å². The molecular weight excluding hydrogens is 420 g/mol. The Morgan fingerprint density at radius 1 is 1.03 bits per heavy atom. The van der Waals surface area contributed by atoms with E-state index in [9.17, 15) is 14.4 Å². The Bertz CT molecular complexity index is 988. The van der Waals surface area contributed by atoms with Gasteiger partial charge in [0.1, 0.15) is 0 Å². The lowest BCUT2D eigenvalue weighted by molar-refractivity contribution is -0.139. The van der Waals surface area contributed by atoms with Crippen LogP contribution in [0.4, 0.5) is 0 Å². The fraction of sp³-hybridized carbons (Fsp3) is 0.423. The SMILES string of the molecule is Cc1ccc(C)c(CNC(=O)C(=O)C2CCCCOCCOCc3ccccc3C(=O)N2)c1. The fourth-order valence-electron chi connectivity index (χ4n) is 3.74. The van der Waals surface area contributed by atoms with Crippen molar-refractivity contribution in [2.45, 2.75) is 52.3 Å². The van der Waals surface area contributed by atoms with Crippen molar-refractivity contribution < 1.29 is 23.9 Å². The smallest absolute Gasteiger partial charge is 0.289 e. The van der Waals surface area contributed by atoms with Crippen molar-refractivity contribution in [1.82, 2.24) is 10.6 Å². The highest BCUT2D eigenvalue weighted by molar-refractivity contribution is 6.38. The van der Waals surface area contributed by atoms with Crippen molar-refractivity contribution >= 4 is 17.6 Å². The van der Waals surface area contributed by atoms with E-state index in [1.165, 1.54) is 0 Å². The maximum absolute atomic E-state index is 13.0. The summed E-state index contributed by atoms with van der Waals surface area (Å²) in [4.78, 5) is 38.7. The van der Waals surface area contributed by atoms with Crippen molar-refractivity contribution in [3.8, 4) is 0 Å². The fourth-order valence-corrected chi connectivity index (χ4v) is 3.74. The lowest BCUT2D eigenvalue weighted by atomic mass is 10.0. The molecule has 7 nitrogen and oxygen atoms in total. The quantitative estimate of drug-likeness (QED) is 0.696. The van der Waals surface area contributed by atoms with E-state index in [1.807, 2.05) is 44.2 Å². The number of nitrogens with one attached hydrogen (secondary N) is 2. The molecule has 7 heteroatoms. The zero-order valence-corrected chi connectivity index (χ0v) is 19.3. The highest BCUT2D eigenvalue weighted by Crippen LogP contribution is 2.13. The van der Waals surface area contributed by atoms with Crippen LogP contribution in [0.15, 0.2) is 42.5 Å². The second kappa shape index (κ2) is 12.3. The number of carbonyl (C=O) groups is 3. The van der Waals surface area contributed by atoms with E-state index < -0.39 is 17.7 Å². The maximum atomic E-state index is 13.0. The van der Waals surface area contributed by atoms with E-state index in [-0.39, 0.29) is 19.1 Å². The summed E-state index contributed by atoms with van der Waals surface area (Å²) in [5.41, 5.74) is 4.23. The first-order valence-electron chi connectivity index (χ1n) is 11.4. The molecule has 176 valence electrons. The number of hydrogen-bond donors (Lipinski definition) is 2. The standard InChI is InChI=1S/C26H32N2O5/c1-18-10-11-19(2)21(15-18)16-27-26(31)24(29)23-9-5-6-12-32-13-14-33-17-20-7-3-4-8-22(20)25(30)28-23/h3-4,7-8,10-11,15,23H,5-6,9,12-14,16-17H2,1-2H3,(H,27,31)(H,28,30). The summed E-state index contributed by atoms with van der Waals surface area (Å²) in [6.45, 7) is 5.91. The Labute approximate surface area is 194 Å². The van der Waals surface area contributed by atoms with E-state index >= 15 is 0 Å². The van der Waals surface area contributed by atoms with E-state index in [0.717, 1.165) is 28.7 Å². The highest BCUT2D eigenvalue weighted by Gasteiger charge is 2.27. The lowest BCUT2D eigenvalue weighted by Crippen LogP contribution is -2.47. The number of hydrogen-bond acceptors (Lipinski definition) is 5. The average molecular weight is 453 g/mol. The third-order valence-electron chi connectivity index (χ3n) is 5.71. The summed E-state index contributed by atoms with van der Waals surface area (Å²) in [6, 6.07) is 12.2. The van der Waals surface area contributed by atoms with Crippen LogP contribution in [-0.4, -0.2) is 43.5 Å². The minimum Gasteiger partial charge on any atom is -0.379 e. The molecule has 2 aromatic carbocycles. The van der Waals surface area contributed by atoms with Crippen LogP contribution in [0, 0.1) is 13.8 Å². The third kappa shape index (κ3) is 7.23. The van der Waals surface area contributed by atoms with Crippen molar-refractivity contribution in [2.24, 2.45) is 0 Å². The molecule has 2 aromatic rings. The molecule has 1 atom stereocenters. The molecule has 0 bridgehead atoms. The topological polar surface area (TPSA) is 93.7 Å². The van der Waals surface area contributed by atoms with Gasteiger partial charge >= 0.3 is 0 Å². The zero-order chi connectivity index (χ0) is 23.6. The van der Waals surface area contributed by atoms with E-state index in [1.54, 1.807) is 12.1 Å². The number of benzene rings is 2.